The Morgan fingerprint density at radius 3 is 2.71 bits per heavy atom. The number of ether oxygens (including phenoxy) is 3. The predicted octanol–water partition coefficient (Wildman–Crippen LogP) is 2.29. The number of amides is 2. The van der Waals surface area contributed by atoms with Crippen LogP contribution < -0.4 is 19.5 Å². The van der Waals surface area contributed by atoms with Crippen LogP contribution in [0.4, 0.5) is 4.79 Å². The number of hydrogen-bond acceptors (Lipinski definition) is 6. The normalized spacial score (nSPS) is 16.4. The summed E-state index contributed by atoms with van der Waals surface area (Å²) in [5.74, 6) is 1.64. The summed E-state index contributed by atoms with van der Waals surface area (Å²) in [5.41, 5.74) is 1.15. The average molecular weight is 386 g/mol. The SMILES string of the molecule is COc1ccc(CCNC(=O)N2CCCC(Oc3cncc(OC)n3)C2)cc1. The van der Waals surface area contributed by atoms with E-state index in [1.807, 2.05) is 24.3 Å². The summed E-state index contributed by atoms with van der Waals surface area (Å²) in [6.45, 7) is 1.82. The Hall–Kier alpha value is -3.03. The lowest BCUT2D eigenvalue weighted by molar-refractivity contribution is 0.0970. The third-order valence-corrected chi connectivity index (χ3v) is 4.60. The van der Waals surface area contributed by atoms with Crippen molar-refractivity contribution in [2.75, 3.05) is 33.9 Å². The van der Waals surface area contributed by atoms with E-state index >= 15 is 0 Å². The molecular formula is C20H26N4O4. The van der Waals surface area contributed by atoms with Crippen molar-refractivity contribution in [3.63, 3.8) is 0 Å². The van der Waals surface area contributed by atoms with Gasteiger partial charge in [0.15, 0.2) is 0 Å². The molecule has 1 aliphatic heterocycles. The third kappa shape index (κ3) is 5.48. The summed E-state index contributed by atoms with van der Waals surface area (Å²) in [5, 5.41) is 2.98. The first-order chi connectivity index (χ1) is 13.7. The molecule has 8 heteroatoms. The van der Waals surface area contributed by atoms with Gasteiger partial charge in [0.05, 0.1) is 33.2 Å². The molecule has 2 heterocycles. The van der Waals surface area contributed by atoms with Gasteiger partial charge in [-0.25, -0.2) is 4.79 Å². The van der Waals surface area contributed by atoms with E-state index in [-0.39, 0.29) is 12.1 Å². The average Bonchev–Trinajstić information content (AvgIpc) is 2.74. The van der Waals surface area contributed by atoms with Crippen LogP contribution in [0.2, 0.25) is 0 Å². The Morgan fingerprint density at radius 2 is 1.96 bits per heavy atom. The van der Waals surface area contributed by atoms with Crippen molar-refractivity contribution in [2.24, 2.45) is 0 Å². The molecular weight excluding hydrogens is 360 g/mol. The number of rotatable bonds is 7. The fraction of sp³-hybridized carbons (Fsp3) is 0.450. The number of urea groups is 1. The Morgan fingerprint density at radius 1 is 1.18 bits per heavy atom. The molecule has 0 spiro atoms. The topological polar surface area (TPSA) is 85.8 Å². The lowest BCUT2D eigenvalue weighted by atomic mass is 10.1. The molecule has 1 saturated heterocycles. The van der Waals surface area contributed by atoms with Gasteiger partial charge in [0, 0.05) is 13.1 Å². The molecule has 0 radical (unpaired) electrons. The molecule has 1 N–H and O–H groups in total. The highest BCUT2D eigenvalue weighted by Gasteiger charge is 2.25. The molecule has 1 fully saturated rings. The van der Waals surface area contributed by atoms with Crippen LogP contribution in [0.1, 0.15) is 18.4 Å². The third-order valence-electron chi connectivity index (χ3n) is 4.60. The summed E-state index contributed by atoms with van der Waals surface area (Å²) in [6.07, 6.45) is 5.49. The van der Waals surface area contributed by atoms with Gasteiger partial charge in [-0.1, -0.05) is 12.1 Å². The van der Waals surface area contributed by atoms with Crippen LogP contribution in [0.3, 0.4) is 0 Å². The molecule has 8 nitrogen and oxygen atoms in total. The first kappa shape index (κ1) is 19.7. The number of nitrogens with one attached hydrogen (secondary N) is 1. The fourth-order valence-electron chi connectivity index (χ4n) is 3.09. The van der Waals surface area contributed by atoms with Crippen molar-refractivity contribution >= 4 is 6.03 Å². The van der Waals surface area contributed by atoms with E-state index in [1.165, 1.54) is 13.3 Å². The van der Waals surface area contributed by atoms with Crippen molar-refractivity contribution < 1.29 is 19.0 Å². The molecule has 1 unspecified atom stereocenters. The standard InChI is InChI=1S/C20H26N4O4/c1-26-16-7-5-15(6-8-16)9-10-22-20(25)24-11-3-4-17(14-24)28-19-13-21-12-18(23-19)27-2/h5-8,12-13,17H,3-4,9-11,14H2,1-2H3,(H,22,25). The van der Waals surface area contributed by atoms with Gasteiger partial charge in [-0.3, -0.25) is 4.98 Å². The van der Waals surface area contributed by atoms with Gasteiger partial charge in [-0.05, 0) is 37.0 Å². The van der Waals surface area contributed by atoms with Gasteiger partial charge in [0.25, 0.3) is 0 Å². The van der Waals surface area contributed by atoms with Gasteiger partial charge in [-0.15, -0.1) is 0 Å². The first-order valence-electron chi connectivity index (χ1n) is 9.36. The van der Waals surface area contributed by atoms with E-state index in [0.717, 1.165) is 37.1 Å². The van der Waals surface area contributed by atoms with E-state index in [2.05, 4.69) is 15.3 Å². The van der Waals surface area contributed by atoms with E-state index < -0.39 is 0 Å². The number of carbonyl (C=O) groups is 1. The minimum absolute atomic E-state index is 0.0708. The van der Waals surface area contributed by atoms with Crippen LogP contribution in [0.25, 0.3) is 0 Å². The maximum atomic E-state index is 12.5. The number of benzene rings is 1. The summed E-state index contributed by atoms with van der Waals surface area (Å²) in [6, 6.07) is 7.78. The molecule has 1 aromatic heterocycles. The zero-order chi connectivity index (χ0) is 19.8. The minimum atomic E-state index is -0.109. The second kappa shape index (κ2) is 9.77. The van der Waals surface area contributed by atoms with E-state index in [4.69, 9.17) is 14.2 Å². The summed E-state index contributed by atoms with van der Waals surface area (Å²) in [7, 11) is 3.18. The minimum Gasteiger partial charge on any atom is -0.497 e. The molecule has 0 saturated carbocycles. The lowest BCUT2D eigenvalue weighted by Crippen LogP contribution is -2.49. The van der Waals surface area contributed by atoms with Crippen molar-refractivity contribution in [2.45, 2.75) is 25.4 Å². The number of hydrogen-bond donors (Lipinski definition) is 1. The summed E-state index contributed by atoms with van der Waals surface area (Å²) >= 11 is 0. The zero-order valence-electron chi connectivity index (χ0n) is 16.3. The number of carbonyl (C=O) groups excluding carboxylic acids is 1. The van der Waals surface area contributed by atoms with Crippen molar-refractivity contribution in [3.8, 4) is 17.5 Å². The highest BCUT2D eigenvalue weighted by atomic mass is 16.5. The van der Waals surface area contributed by atoms with E-state index in [0.29, 0.717) is 24.8 Å². The van der Waals surface area contributed by atoms with E-state index in [9.17, 15) is 4.79 Å². The number of likely N-dealkylation sites (tertiary alicyclic amines) is 1. The van der Waals surface area contributed by atoms with Crippen LogP contribution in [0, 0.1) is 0 Å². The van der Waals surface area contributed by atoms with Crippen LogP contribution >= 0.6 is 0 Å². The van der Waals surface area contributed by atoms with Crippen LogP contribution in [-0.2, 0) is 6.42 Å². The lowest BCUT2D eigenvalue weighted by Gasteiger charge is -2.32. The zero-order valence-corrected chi connectivity index (χ0v) is 16.3. The fourth-order valence-corrected chi connectivity index (χ4v) is 3.09. The molecule has 2 amide bonds. The molecule has 150 valence electrons. The Bertz CT molecular complexity index is 769. The Kier molecular flexibility index (Phi) is 6.89. The largest absolute Gasteiger partial charge is 0.497 e. The highest BCUT2D eigenvalue weighted by molar-refractivity contribution is 5.74. The van der Waals surface area contributed by atoms with Gasteiger partial charge < -0.3 is 24.4 Å². The first-order valence-corrected chi connectivity index (χ1v) is 9.36. The second-order valence-electron chi connectivity index (χ2n) is 6.56. The van der Waals surface area contributed by atoms with Gasteiger partial charge in [0.2, 0.25) is 11.8 Å². The summed E-state index contributed by atoms with van der Waals surface area (Å²) in [4.78, 5) is 22.5. The predicted molar refractivity (Wildman–Crippen MR) is 104 cm³/mol. The quantitative estimate of drug-likeness (QED) is 0.786. The molecule has 1 atom stereocenters. The van der Waals surface area contributed by atoms with Gasteiger partial charge in [0.1, 0.15) is 11.9 Å². The van der Waals surface area contributed by atoms with Crippen LogP contribution in [0.15, 0.2) is 36.7 Å². The Balaban J connectivity index is 1.45. The van der Waals surface area contributed by atoms with Crippen molar-refractivity contribution in [1.82, 2.24) is 20.2 Å². The molecule has 1 aromatic carbocycles. The van der Waals surface area contributed by atoms with Crippen molar-refractivity contribution in [1.29, 1.82) is 0 Å². The number of methoxy groups -OCH3 is 2. The number of piperidine rings is 1. The molecule has 28 heavy (non-hydrogen) atoms. The van der Waals surface area contributed by atoms with Gasteiger partial charge in [-0.2, -0.15) is 4.98 Å². The van der Waals surface area contributed by atoms with Gasteiger partial charge >= 0.3 is 6.03 Å². The van der Waals surface area contributed by atoms with E-state index in [1.54, 1.807) is 18.2 Å². The molecule has 2 aromatic rings. The van der Waals surface area contributed by atoms with Crippen LogP contribution in [-0.4, -0.2) is 60.9 Å². The van der Waals surface area contributed by atoms with Crippen molar-refractivity contribution in [3.05, 3.63) is 42.2 Å². The van der Waals surface area contributed by atoms with Crippen LogP contribution in [0.5, 0.6) is 17.5 Å². The number of aromatic nitrogens is 2. The Labute approximate surface area is 164 Å². The summed E-state index contributed by atoms with van der Waals surface area (Å²) < 4.78 is 16.1. The smallest absolute Gasteiger partial charge is 0.317 e. The molecule has 0 aliphatic carbocycles. The second-order valence-corrected chi connectivity index (χ2v) is 6.56. The number of nitrogens with zero attached hydrogens (tertiary/aromatic N) is 3. The monoisotopic (exact) mass is 386 g/mol. The molecule has 1 aliphatic rings. The molecule has 3 rings (SSSR count). The maximum absolute atomic E-state index is 12.5. The maximum Gasteiger partial charge on any atom is 0.317 e. The molecule has 0 bridgehead atoms. The highest BCUT2D eigenvalue weighted by Crippen LogP contribution is 2.18.